The van der Waals surface area contributed by atoms with E-state index in [1.807, 2.05) is 6.07 Å². The molecule has 0 aliphatic carbocycles. The van der Waals surface area contributed by atoms with E-state index in [2.05, 4.69) is 0 Å². The van der Waals surface area contributed by atoms with E-state index in [9.17, 15) is 14.4 Å². The average Bonchev–Trinajstić information content (AvgIpc) is 2.72. The Balaban J connectivity index is 0.00000200. The van der Waals surface area contributed by atoms with Gasteiger partial charge in [-0.1, -0.05) is 42.1 Å². The smallest absolute Gasteiger partial charge is 1.00 e. The third kappa shape index (κ3) is 4.34. The SMILES string of the molecule is CC(=O)ON1CCC(SC(=O)c2ccccc2)C1=O.[H-].[Na+]. The number of hydrogen-bond acceptors (Lipinski definition) is 5. The number of amides is 1. The van der Waals surface area contributed by atoms with E-state index >= 15 is 0 Å². The minimum atomic E-state index is -0.534. The van der Waals surface area contributed by atoms with Gasteiger partial charge in [-0.2, -0.15) is 5.06 Å². The van der Waals surface area contributed by atoms with Crippen LogP contribution >= 0.6 is 11.8 Å². The number of hydroxylamine groups is 2. The molecule has 1 atom stereocenters. The summed E-state index contributed by atoms with van der Waals surface area (Å²) < 4.78 is 0. The van der Waals surface area contributed by atoms with Gasteiger partial charge in [0.15, 0.2) is 0 Å². The van der Waals surface area contributed by atoms with Crippen molar-refractivity contribution in [2.24, 2.45) is 0 Å². The molecule has 1 fully saturated rings. The number of rotatable bonds is 3. The van der Waals surface area contributed by atoms with Crippen molar-refractivity contribution in [2.75, 3.05) is 6.54 Å². The van der Waals surface area contributed by atoms with E-state index in [-0.39, 0.29) is 42.0 Å². The predicted octanol–water partition coefficient (Wildman–Crippen LogP) is -1.24. The zero-order valence-corrected chi connectivity index (χ0v) is 14.2. The van der Waals surface area contributed by atoms with E-state index in [1.54, 1.807) is 24.3 Å². The molecule has 7 heteroatoms. The van der Waals surface area contributed by atoms with Gasteiger partial charge >= 0.3 is 35.5 Å². The number of carbonyl (C=O) groups is 3. The molecular weight excluding hydrogens is 289 g/mol. The molecule has 1 amide bonds. The second-order valence-electron chi connectivity index (χ2n) is 4.07. The number of benzene rings is 1. The van der Waals surface area contributed by atoms with E-state index in [1.165, 1.54) is 6.92 Å². The topological polar surface area (TPSA) is 63.7 Å². The fourth-order valence-corrected chi connectivity index (χ4v) is 2.73. The van der Waals surface area contributed by atoms with Gasteiger partial charge in [-0.15, -0.1) is 0 Å². The molecule has 0 saturated carbocycles. The first kappa shape index (κ1) is 17.2. The van der Waals surface area contributed by atoms with Gasteiger partial charge in [-0.3, -0.25) is 14.4 Å². The van der Waals surface area contributed by atoms with Gasteiger partial charge in [0.2, 0.25) is 5.12 Å². The zero-order chi connectivity index (χ0) is 13.8. The van der Waals surface area contributed by atoms with E-state index in [4.69, 9.17) is 4.84 Å². The summed E-state index contributed by atoms with van der Waals surface area (Å²) in [7, 11) is 0. The Morgan fingerprint density at radius 2 is 2.00 bits per heavy atom. The summed E-state index contributed by atoms with van der Waals surface area (Å²) in [5.41, 5.74) is 0.561. The van der Waals surface area contributed by atoms with Gasteiger partial charge in [-0.25, -0.2) is 0 Å². The summed E-state index contributed by atoms with van der Waals surface area (Å²) in [5, 5.41) is 0.397. The summed E-state index contributed by atoms with van der Waals surface area (Å²) in [5.74, 6) is -0.863. The van der Waals surface area contributed by atoms with Gasteiger partial charge in [0.05, 0.1) is 11.8 Å². The molecule has 0 spiro atoms. The molecule has 1 aliphatic heterocycles. The monoisotopic (exact) mass is 303 g/mol. The Hall–Kier alpha value is -0.820. The number of carbonyl (C=O) groups excluding carboxylic acids is 3. The Bertz CT molecular complexity index is 514. The third-order valence-corrected chi connectivity index (χ3v) is 3.78. The Labute approximate surface area is 144 Å². The van der Waals surface area contributed by atoms with Crippen LogP contribution in [0.5, 0.6) is 0 Å². The van der Waals surface area contributed by atoms with Crippen LogP contribution in [-0.4, -0.2) is 33.8 Å². The molecule has 1 unspecified atom stereocenters. The van der Waals surface area contributed by atoms with Gasteiger partial charge in [0.25, 0.3) is 5.91 Å². The fraction of sp³-hybridized carbons (Fsp3) is 0.308. The normalized spacial score (nSPS) is 17.6. The maximum absolute atomic E-state index is 12.0. The Morgan fingerprint density at radius 3 is 2.60 bits per heavy atom. The summed E-state index contributed by atoms with van der Waals surface area (Å²) in [4.78, 5) is 39.4. The molecule has 20 heavy (non-hydrogen) atoms. The van der Waals surface area contributed by atoms with Crippen molar-refractivity contribution in [3.8, 4) is 0 Å². The molecule has 102 valence electrons. The van der Waals surface area contributed by atoms with Crippen molar-refractivity contribution >= 4 is 28.8 Å². The number of thioether (sulfide) groups is 1. The second-order valence-corrected chi connectivity index (χ2v) is 5.25. The third-order valence-electron chi connectivity index (χ3n) is 2.61. The molecule has 0 bridgehead atoms. The first-order valence-corrected chi connectivity index (χ1v) is 6.72. The van der Waals surface area contributed by atoms with Crippen molar-refractivity contribution in [1.82, 2.24) is 5.06 Å². The molecule has 1 heterocycles. The van der Waals surface area contributed by atoms with Crippen molar-refractivity contribution in [1.29, 1.82) is 0 Å². The van der Waals surface area contributed by atoms with Crippen molar-refractivity contribution < 1.29 is 50.2 Å². The molecule has 5 nitrogen and oxygen atoms in total. The van der Waals surface area contributed by atoms with Crippen LogP contribution in [0.15, 0.2) is 30.3 Å². The van der Waals surface area contributed by atoms with Crippen LogP contribution in [0.25, 0.3) is 0 Å². The number of nitrogens with zero attached hydrogens (tertiary/aromatic N) is 1. The number of hydrogen-bond donors (Lipinski definition) is 0. The zero-order valence-electron chi connectivity index (χ0n) is 12.4. The fourth-order valence-electron chi connectivity index (χ4n) is 1.76. The summed E-state index contributed by atoms with van der Waals surface area (Å²) >= 11 is 0.978. The van der Waals surface area contributed by atoms with Crippen LogP contribution in [0.3, 0.4) is 0 Å². The first-order chi connectivity index (χ1) is 9.08. The van der Waals surface area contributed by atoms with E-state index < -0.39 is 11.2 Å². The molecule has 2 rings (SSSR count). The summed E-state index contributed by atoms with van der Waals surface area (Å²) in [6, 6.07) is 8.78. The average molecular weight is 303 g/mol. The summed E-state index contributed by atoms with van der Waals surface area (Å²) in [6.45, 7) is 1.57. The molecule has 1 aromatic carbocycles. The van der Waals surface area contributed by atoms with Crippen molar-refractivity contribution in [3.63, 3.8) is 0 Å². The maximum Gasteiger partial charge on any atom is 1.00 e. The minimum absolute atomic E-state index is 0. The van der Waals surface area contributed by atoms with Gasteiger partial charge in [-0.05, 0) is 6.42 Å². The molecule has 1 saturated heterocycles. The molecule has 0 aromatic heterocycles. The molecule has 1 aromatic rings. The van der Waals surface area contributed by atoms with E-state index in [0.29, 0.717) is 18.5 Å². The standard InChI is InChI=1S/C13H13NO4S.Na.H/c1-9(15)18-14-8-7-11(12(14)16)19-13(17)10-5-3-2-4-6-10;;/h2-6,11H,7-8H2,1H3;;/q;+1;-1. The Kier molecular flexibility index (Phi) is 6.75. The van der Waals surface area contributed by atoms with Crippen LogP contribution in [0.2, 0.25) is 0 Å². The van der Waals surface area contributed by atoms with Crippen LogP contribution < -0.4 is 29.6 Å². The largest absolute Gasteiger partial charge is 1.00 e. The van der Waals surface area contributed by atoms with Gasteiger partial charge in [0.1, 0.15) is 0 Å². The predicted molar refractivity (Wildman–Crippen MR) is 71.4 cm³/mol. The van der Waals surface area contributed by atoms with Crippen molar-refractivity contribution in [2.45, 2.75) is 18.6 Å². The van der Waals surface area contributed by atoms with Crippen LogP contribution in [0, 0.1) is 0 Å². The van der Waals surface area contributed by atoms with Crippen LogP contribution in [0.4, 0.5) is 0 Å². The molecule has 1 aliphatic rings. The van der Waals surface area contributed by atoms with Crippen molar-refractivity contribution in [3.05, 3.63) is 35.9 Å². The summed E-state index contributed by atoms with van der Waals surface area (Å²) in [6.07, 6.45) is 0.495. The maximum atomic E-state index is 12.0. The van der Waals surface area contributed by atoms with E-state index in [0.717, 1.165) is 16.8 Å². The molecule has 0 N–H and O–H groups in total. The Morgan fingerprint density at radius 1 is 1.35 bits per heavy atom. The van der Waals surface area contributed by atoms with Gasteiger partial charge < -0.3 is 6.26 Å². The molecule has 0 radical (unpaired) electrons. The molecular formula is C13H14NNaO4S. The minimum Gasteiger partial charge on any atom is -1.00 e. The second kappa shape index (κ2) is 7.83. The quantitative estimate of drug-likeness (QED) is 0.653. The first-order valence-electron chi connectivity index (χ1n) is 5.84. The van der Waals surface area contributed by atoms with Crippen LogP contribution in [-0.2, 0) is 14.4 Å². The van der Waals surface area contributed by atoms with Gasteiger partial charge in [0, 0.05) is 12.5 Å². The van der Waals surface area contributed by atoms with Crippen LogP contribution in [0.1, 0.15) is 25.1 Å².